The number of hydrogen-bond donors (Lipinski definition) is 1. The maximum Gasteiger partial charge on any atom is 0.152 e. The largest absolute Gasteiger partial charge is 0.396 e. The second kappa shape index (κ2) is 3.91. The lowest BCUT2D eigenvalue weighted by Gasteiger charge is -2.09. The number of pyridine rings is 1. The number of nitrogens with two attached hydrogens (primary N) is 1. The molecule has 0 unspecified atom stereocenters. The van der Waals surface area contributed by atoms with E-state index in [4.69, 9.17) is 17.3 Å². The summed E-state index contributed by atoms with van der Waals surface area (Å²) >= 11 is 5.88. The fourth-order valence-electron chi connectivity index (χ4n) is 1.56. The molecule has 1 aromatic carbocycles. The van der Waals surface area contributed by atoms with Crippen molar-refractivity contribution >= 4 is 17.3 Å². The van der Waals surface area contributed by atoms with Crippen molar-refractivity contribution < 1.29 is 0 Å². The van der Waals surface area contributed by atoms with Gasteiger partial charge in [-0.1, -0.05) is 35.9 Å². The number of benzene rings is 1. The topological polar surface area (TPSA) is 38.9 Å². The van der Waals surface area contributed by atoms with E-state index in [0.29, 0.717) is 10.8 Å². The van der Waals surface area contributed by atoms with Crippen molar-refractivity contribution in [2.75, 3.05) is 5.73 Å². The molecule has 0 saturated carbocycles. The summed E-state index contributed by atoms with van der Waals surface area (Å²) in [5.41, 5.74) is 9.63. The summed E-state index contributed by atoms with van der Waals surface area (Å²) in [4.78, 5) is 3.93. The smallest absolute Gasteiger partial charge is 0.152 e. The number of aryl methyl sites for hydroxylation is 1. The van der Waals surface area contributed by atoms with Gasteiger partial charge in [-0.2, -0.15) is 0 Å². The molecule has 0 amide bonds. The number of nitrogen functional groups attached to an aromatic ring is 1. The molecule has 0 aliphatic carbocycles. The Morgan fingerprint density at radius 2 is 1.87 bits per heavy atom. The molecule has 0 saturated heterocycles. The van der Waals surface area contributed by atoms with Gasteiger partial charge >= 0.3 is 0 Å². The predicted molar refractivity (Wildman–Crippen MR) is 63.8 cm³/mol. The third-order valence-corrected chi connectivity index (χ3v) is 2.68. The Morgan fingerprint density at radius 1 is 1.13 bits per heavy atom. The van der Waals surface area contributed by atoms with Crippen LogP contribution in [0.3, 0.4) is 0 Å². The summed E-state index contributed by atoms with van der Waals surface area (Å²) in [7, 11) is 0. The van der Waals surface area contributed by atoms with Gasteiger partial charge in [0.15, 0.2) is 5.15 Å². The molecule has 15 heavy (non-hydrogen) atoms. The molecule has 0 radical (unpaired) electrons. The van der Waals surface area contributed by atoms with Crippen LogP contribution < -0.4 is 5.73 Å². The van der Waals surface area contributed by atoms with Crippen LogP contribution in [0.4, 0.5) is 5.69 Å². The van der Waals surface area contributed by atoms with E-state index in [-0.39, 0.29) is 0 Å². The molecule has 1 aromatic heterocycles. The second-order valence-electron chi connectivity index (χ2n) is 3.38. The lowest BCUT2D eigenvalue weighted by molar-refractivity contribution is 1.33. The van der Waals surface area contributed by atoms with E-state index < -0.39 is 0 Å². The van der Waals surface area contributed by atoms with Crippen LogP contribution in [0.5, 0.6) is 0 Å². The Morgan fingerprint density at radius 3 is 2.60 bits per heavy atom. The fraction of sp³-hybridized carbons (Fsp3) is 0.0833. The monoisotopic (exact) mass is 218 g/mol. The second-order valence-corrected chi connectivity index (χ2v) is 3.74. The molecule has 0 bridgehead atoms. The quantitative estimate of drug-likeness (QED) is 0.746. The zero-order valence-corrected chi connectivity index (χ0v) is 9.12. The summed E-state index contributed by atoms with van der Waals surface area (Å²) in [6.07, 6.45) is 1.67. The number of halogens is 1. The predicted octanol–water partition coefficient (Wildman–Crippen LogP) is 3.29. The molecule has 0 atom stereocenters. The molecule has 0 aliphatic rings. The van der Waals surface area contributed by atoms with Crippen molar-refractivity contribution in [3.63, 3.8) is 0 Å². The van der Waals surface area contributed by atoms with E-state index in [1.54, 1.807) is 6.20 Å². The molecule has 2 rings (SSSR count). The zero-order chi connectivity index (χ0) is 10.8. The molecule has 2 N–H and O–H groups in total. The van der Waals surface area contributed by atoms with Gasteiger partial charge in [0.1, 0.15) is 0 Å². The van der Waals surface area contributed by atoms with E-state index >= 15 is 0 Å². The average Bonchev–Trinajstić information content (AvgIpc) is 2.23. The van der Waals surface area contributed by atoms with E-state index in [0.717, 1.165) is 11.1 Å². The molecule has 0 aliphatic heterocycles. The van der Waals surface area contributed by atoms with Gasteiger partial charge in [-0.25, -0.2) is 4.98 Å². The van der Waals surface area contributed by atoms with Crippen molar-refractivity contribution in [1.29, 1.82) is 0 Å². The van der Waals surface area contributed by atoms with Crippen LogP contribution in [0.1, 0.15) is 5.56 Å². The van der Waals surface area contributed by atoms with E-state index in [1.807, 2.05) is 37.3 Å². The number of aromatic nitrogens is 1. The van der Waals surface area contributed by atoms with Crippen LogP contribution in [0.25, 0.3) is 11.1 Å². The minimum Gasteiger partial charge on any atom is -0.396 e. The van der Waals surface area contributed by atoms with Crippen LogP contribution in [0.2, 0.25) is 5.15 Å². The normalized spacial score (nSPS) is 10.3. The molecule has 3 heteroatoms. The van der Waals surface area contributed by atoms with Crippen LogP contribution in [-0.2, 0) is 0 Å². The van der Waals surface area contributed by atoms with E-state index in [9.17, 15) is 0 Å². The van der Waals surface area contributed by atoms with E-state index in [1.165, 1.54) is 5.56 Å². The zero-order valence-electron chi connectivity index (χ0n) is 8.37. The summed E-state index contributed by atoms with van der Waals surface area (Å²) in [6.45, 7) is 2.04. The standard InChI is InChI=1S/C12H11ClN2/c1-8-4-2-3-5-9(8)10-6-7-15-12(13)11(10)14/h2-7H,14H2,1H3. The van der Waals surface area contributed by atoms with Gasteiger partial charge in [-0.3, -0.25) is 0 Å². The number of hydrogen-bond acceptors (Lipinski definition) is 2. The lowest BCUT2D eigenvalue weighted by atomic mass is 10.0. The summed E-state index contributed by atoms with van der Waals surface area (Å²) in [5, 5.41) is 0.357. The van der Waals surface area contributed by atoms with Crippen LogP contribution in [-0.4, -0.2) is 4.98 Å². The first-order valence-electron chi connectivity index (χ1n) is 4.66. The highest BCUT2D eigenvalue weighted by molar-refractivity contribution is 6.32. The van der Waals surface area contributed by atoms with Crippen LogP contribution >= 0.6 is 11.6 Å². The summed E-state index contributed by atoms with van der Waals surface area (Å²) in [5.74, 6) is 0. The van der Waals surface area contributed by atoms with Gasteiger partial charge in [0.2, 0.25) is 0 Å². The van der Waals surface area contributed by atoms with E-state index in [2.05, 4.69) is 4.98 Å². The Balaban J connectivity index is 2.65. The van der Waals surface area contributed by atoms with Crippen molar-refractivity contribution in [3.8, 4) is 11.1 Å². The summed E-state index contributed by atoms with van der Waals surface area (Å²) < 4.78 is 0. The molecule has 2 nitrogen and oxygen atoms in total. The molecule has 2 aromatic rings. The van der Waals surface area contributed by atoms with Crippen molar-refractivity contribution in [3.05, 3.63) is 47.2 Å². The first-order chi connectivity index (χ1) is 7.20. The van der Waals surface area contributed by atoms with Gasteiger partial charge in [0.05, 0.1) is 5.69 Å². The molecular formula is C12H11ClN2. The number of anilines is 1. The first-order valence-corrected chi connectivity index (χ1v) is 5.04. The maximum absolute atomic E-state index is 5.89. The Bertz CT molecular complexity index is 495. The van der Waals surface area contributed by atoms with Gasteiger partial charge < -0.3 is 5.73 Å². The number of nitrogens with zero attached hydrogens (tertiary/aromatic N) is 1. The van der Waals surface area contributed by atoms with Gasteiger partial charge in [-0.15, -0.1) is 0 Å². The average molecular weight is 219 g/mol. The minimum atomic E-state index is 0.357. The SMILES string of the molecule is Cc1ccccc1-c1ccnc(Cl)c1N. The molecule has 0 fully saturated rings. The van der Waals surface area contributed by atoms with Gasteiger partial charge in [-0.05, 0) is 24.1 Å². The van der Waals surface area contributed by atoms with Crippen LogP contribution in [0, 0.1) is 6.92 Å². The highest BCUT2D eigenvalue weighted by Gasteiger charge is 2.07. The molecule has 0 spiro atoms. The maximum atomic E-state index is 5.89. The Hall–Kier alpha value is -1.54. The lowest BCUT2D eigenvalue weighted by Crippen LogP contribution is -1.94. The van der Waals surface area contributed by atoms with Crippen molar-refractivity contribution in [2.24, 2.45) is 0 Å². The van der Waals surface area contributed by atoms with Gasteiger partial charge in [0.25, 0.3) is 0 Å². The highest BCUT2D eigenvalue weighted by atomic mass is 35.5. The molecular weight excluding hydrogens is 208 g/mol. The highest BCUT2D eigenvalue weighted by Crippen LogP contribution is 2.31. The van der Waals surface area contributed by atoms with Crippen molar-refractivity contribution in [1.82, 2.24) is 4.98 Å². The van der Waals surface area contributed by atoms with Gasteiger partial charge in [0, 0.05) is 11.8 Å². The molecule has 1 heterocycles. The third-order valence-electron chi connectivity index (χ3n) is 2.38. The van der Waals surface area contributed by atoms with Crippen molar-refractivity contribution in [2.45, 2.75) is 6.92 Å². The number of rotatable bonds is 1. The summed E-state index contributed by atoms with van der Waals surface area (Å²) in [6, 6.07) is 9.93. The minimum absolute atomic E-state index is 0.357. The Labute approximate surface area is 93.7 Å². The molecule has 76 valence electrons. The third kappa shape index (κ3) is 1.81. The fourth-order valence-corrected chi connectivity index (χ4v) is 1.72. The first kappa shape index (κ1) is 9.99. The van der Waals surface area contributed by atoms with Crippen LogP contribution in [0.15, 0.2) is 36.5 Å². The Kier molecular flexibility index (Phi) is 2.60.